The summed E-state index contributed by atoms with van der Waals surface area (Å²) in [6.45, 7) is 0. The Morgan fingerprint density at radius 3 is 2.86 bits per heavy atom. The van der Waals surface area contributed by atoms with E-state index in [-0.39, 0.29) is 23.8 Å². The highest BCUT2D eigenvalue weighted by atomic mass is 16.5. The number of carbonyl (C=O) groups excluding carboxylic acids is 1. The van der Waals surface area contributed by atoms with Crippen LogP contribution in [0.15, 0.2) is 46.0 Å². The van der Waals surface area contributed by atoms with Gasteiger partial charge in [-0.25, -0.2) is 0 Å². The molecule has 0 radical (unpaired) electrons. The zero-order valence-electron chi connectivity index (χ0n) is 11.1. The van der Waals surface area contributed by atoms with Crippen LogP contribution in [0.2, 0.25) is 0 Å². The fraction of sp³-hybridized carbons (Fsp3) is 0.286. The third kappa shape index (κ3) is 2.88. The van der Waals surface area contributed by atoms with Crippen molar-refractivity contribution in [3.05, 3.63) is 52.6 Å². The SMILES string of the molecule is [N-]=[N+]=N[C@H]1C[C@H](NC(=O)c2cc(-c3ccccc3)no2)C1. The van der Waals surface area contributed by atoms with Crippen LogP contribution < -0.4 is 5.32 Å². The molecule has 1 aromatic heterocycles. The molecule has 0 aliphatic heterocycles. The number of nitrogens with zero attached hydrogens (tertiary/aromatic N) is 4. The lowest BCUT2D eigenvalue weighted by molar-refractivity contribution is 0.0872. The van der Waals surface area contributed by atoms with Gasteiger partial charge >= 0.3 is 0 Å². The van der Waals surface area contributed by atoms with Gasteiger partial charge in [0.15, 0.2) is 0 Å². The highest BCUT2D eigenvalue weighted by molar-refractivity contribution is 5.92. The molecule has 1 fully saturated rings. The first kappa shape index (κ1) is 13.2. The normalized spacial score (nSPS) is 20.2. The minimum Gasteiger partial charge on any atom is -0.350 e. The van der Waals surface area contributed by atoms with Crippen molar-refractivity contribution in [1.29, 1.82) is 0 Å². The minimum atomic E-state index is -0.297. The zero-order chi connectivity index (χ0) is 14.7. The standard InChI is InChI=1S/C14H13N5O2/c15-19-17-11-6-10(7-11)16-14(20)13-8-12(18-21-13)9-4-2-1-3-5-9/h1-5,8,10-11H,6-7H2,(H,16,20)/t10-,11-. The average molecular weight is 283 g/mol. The van der Waals surface area contributed by atoms with E-state index < -0.39 is 0 Å². The van der Waals surface area contributed by atoms with Crippen LogP contribution in [0.4, 0.5) is 0 Å². The van der Waals surface area contributed by atoms with Crippen LogP contribution in [-0.2, 0) is 0 Å². The second-order valence-electron chi connectivity index (χ2n) is 4.94. The average Bonchev–Trinajstić information content (AvgIpc) is 2.96. The summed E-state index contributed by atoms with van der Waals surface area (Å²) < 4.78 is 5.08. The summed E-state index contributed by atoms with van der Waals surface area (Å²) >= 11 is 0. The van der Waals surface area contributed by atoms with Gasteiger partial charge in [-0.1, -0.05) is 40.6 Å². The van der Waals surface area contributed by atoms with Crippen LogP contribution in [0.5, 0.6) is 0 Å². The van der Waals surface area contributed by atoms with Crippen LogP contribution in [0.25, 0.3) is 21.7 Å². The van der Waals surface area contributed by atoms with Crippen LogP contribution >= 0.6 is 0 Å². The molecular weight excluding hydrogens is 270 g/mol. The summed E-state index contributed by atoms with van der Waals surface area (Å²) in [6.07, 6.45) is 1.32. The van der Waals surface area contributed by atoms with Gasteiger partial charge < -0.3 is 9.84 Å². The maximum Gasteiger partial charge on any atom is 0.290 e. The minimum absolute atomic E-state index is 0.0186. The van der Waals surface area contributed by atoms with E-state index in [1.165, 1.54) is 0 Å². The number of amides is 1. The molecule has 0 atom stereocenters. The Morgan fingerprint density at radius 1 is 1.38 bits per heavy atom. The van der Waals surface area contributed by atoms with Crippen molar-refractivity contribution in [2.24, 2.45) is 5.11 Å². The summed E-state index contributed by atoms with van der Waals surface area (Å²) in [5.74, 6) is -0.116. The Hall–Kier alpha value is -2.79. The van der Waals surface area contributed by atoms with E-state index >= 15 is 0 Å². The molecule has 3 rings (SSSR count). The molecular formula is C14H13N5O2. The summed E-state index contributed by atoms with van der Waals surface area (Å²) in [5, 5.41) is 10.3. The van der Waals surface area contributed by atoms with Gasteiger partial charge in [-0.15, -0.1) is 0 Å². The number of nitrogens with one attached hydrogen (secondary N) is 1. The fourth-order valence-electron chi connectivity index (χ4n) is 2.26. The maximum absolute atomic E-state index is 12.0. The van der Waals surface area contributed by atoms with Crippen LogP contribution in [-0.4, -0.2) is 23.1 Å². The van der Waals surface area contributed by atoms with Gasteiger partial charge in [0.05, 0.1) is 0 Å². The number of hydrogen-bond donors (Lipinski definition) is 1. The van der Waals surface area contributed by atoms with E-state index in [1.54, 1.807) is 6.07 Å². The van der Waals surface area contributed by atoms with Crippen molar-refractivity contribution in [3.8, 4) is 11.3 Å². The van der Waals surface area contributed by atoms with E-state index in [1.807, 2.05) is 30.3 Å². The molecule has 0 unspecified atom stereocenters. The first-order valence-electron chi connectivity index (χ1n) is 6.63. The number of carbonyl (C=O) groups is 1. The lowest BCUT2D eigenvalue weighted by Crippen LogP contribution is -2.45. The highest BCUT2D eigenvalue weighted by Gasteiger charge is 2.30. The Morgan fingerprint density at radius 2 is 2.14 bits per heavy atom. The fourth-order valence-corrected chi connectivity index (χ4v) is 2.26. The number of hydrogen-bond acceptors (Lipinski definition) is 4. The molecule has 1 aliphatic rings. The molecule has 7 nitrogen and oxygen atoms in total. The van der Waals surface area contributed by atoms with Crippen molar-refractivity contribution < 1.29 is 9.32 Å². The quantitative estimate of drug-likeness (QED) is 0.529. The zero-order valence-corrected chi connectivity index (χ0v) is 11.1. The van der Waals surface area contributed by atoms with Crippen LogP contribution in [0, 0.1) is 0 Å². The third-order valence-corrected chi connectivity index (χ3v) is 3.47. The molecule has 0 spiro atoms. The Labute approximate surface area is 120 Å². The molecule has 1 aliphatic carbocycles. The summed E-state index contributed by atoms with van der Waals surface area (Å²) in [7, 11) is 0. The van der Waals surface area contributed by atoms with Crippen LogP contribution in [0.1, 0.15) is 23.4 Å². The molecule has 1 saturated carbocycles. The van der Waals surface area contributed by atoms with E-state index in [9.17, 15) is 4.79 Å². The molecule has 0 bridgehead atoms. The monoisotopic (exact) mass is 283 g/mol. The second-order valence-corrected chi connectivity index (χ2v) is 4.94. The molecule has 106 valence electrons. The Kier molecular flexibility index (Phi) is 3.57. The summed E-state index contributed by atoms with van der Waals surface area (Å²) in [4.78, 5) is 14.8. The number of benzene rings is 1. The van der Waals surface area contributed by atoms with Crippen molar-refractivity contribution in [2.75, 3.05) is 0 Å². The molecule has 1 aromatic carbocycles. The van der Waals surface area contributed by atoms with Gasteiger partial charge in [0.25, 0.3) is 5.91 Å². The van der Waals surface area contributed by atoms with Crippen molar-refractivity contribution in [1.82, 2.24) is 10.5 Å². The number of aromatic nitrogens is 1. The third-order valence-electron chi connectivity index (χ3n) is 3.47. The van der Waals surface area contributed by atoms with Gasteiger partial charge in [0, 0.05) is 28.6 Å². The molecule has 1 amide bonds. The molecule has 0 saturated heterocycles. The molecule has 21 heavy (non-hydrogen) atoms. The van der Waals surface area contributed by atoms with Gasteiger partial charge in [-0.05, 0) is 18.4 Å². The molecule has 2 aromatic rings. The van der Waals surface area contributed by atoms with Crippen molar-refractivity contribution in [3.63, 3.8) is 0 Å². The van der Waals surface area contributed by atoms with Gasteiger partial charge in [-0.3, -0.25) is 4.79 Å². The second kappa shape index (κ2) is 5.68. The van der Waals surface area contributed by atoms with E-state index in [0.29, 0.717) is 18.5 Å². The topological polar surface area (TPSA) is 104 Å². The highest BCUT2D eigenvalue weighted by Crippen LogP contribution is 2.24. The number of azide groups is 1. The van der Waals surface area contributed by atoms with Gasteiger partial charge in [0.2, 0.25) is 5.76 Å². The predicted molar refractivity (Wildman–Crippen MR) is 75.4 cm³/mol. The molecule has 7 heteroatoms. The smallest absolute Gasteiger partial charge is 0.290 e. The van der Waals surface area contributed by atoms with E-state index in [4.69, 9.17) is 10.1 Å². The van der Waals surface area contributed by atoms with Crippen LogP contribution in [0.3, 0.4) is 0 Å². The largest absolute Gasteiger partial charge is 0.350 e. The molecule has 1 N–H and O–H groups in total. The predicted octanol–water partition coefficient (Wildman–Crippen LogP) is 2.91. The first-order valence-corrected chi connectivity index (χ1v) is 6.63. The van der Waals surface area contributed by atoms with Crippen molar-refractivity contribution in [2.45, 2.75) is 24.9 Å². The number of rotatable bonds is 4. The summed E-state index contributed by atoms with van der Waals surface area (Å²) in [5.41, 5.74) is 9.83. The van der Waals surface area contributed by atoms with Gasteiger partial charge in [0.1, 0.15) is 5.69 Å². The Balaban J connectivity index is 1.62. The van der Waals surface area contributed by atoms with Crippen molar-refractivity contribution >= 4 is 5.91 Å². The van der Waals surface area contributed by atoms with E-state index in [0.717, 1.165) is 5.56 Å². The molecule has 1 heterocycles. The van der Waals surface area contributed by atoms with Gasteiger partial charge in [-0.2, -0.15) is 0 Å². The first-order chi connectivity index (χ1) is 10.3. The lowest BCUT2D eigenvalue weighted by atomic mass is 9.87. The summed E-state index contributed by atoms with van der Waals surface area (Å²) in [6, 6.07) is 11.1. The maximum atomic E-state index is 12.0. The van der Waals surface area contributed by atoms with E-state index in [2.05, 4.69) is 20.5 Å². The lowest BCUT2D eigenvalue weighted by Gasteiger charge is -2.32. The Bertz CT molecular complexity index is 684.